The van der Waals surface area contributed by atoms with Crippen molar-refractivity contribution in [2.24, 2.45) is 10.7 Å². The summed E-state index contributed by atoms with van der Waals surface area (Å²) >= 11 is 3.34. The highest BCUT2D eigenvalue weighted by Gasteiger charge is 2.03. The number of halogens is 2. The Morgan fingerprint density at radius 3 is 2.65 bits per heavy atom. The maximum atomic E-state index is 11.9. The number of carbonyl (C=O) groups is 1. The summed E-state index contributed by atoms with van der Waals surface area (Å²) in [6, 6.07) is 14.7. The Bertz CT molecular complexity index is 738. The summed E-state index contributed by atoms with van der Waals surface area (Å²) < 4.78 is 6.09. The fourth-order valence-corrected chi connectivity index (χ4v) is 2.34. The average molecular weight is 533 g/mol. The van der Waals surface area contributed by atoms with Crippen molar-refractivity contribution in [3.63, 3.8) is 0 Å². The van der Waals surface area contributed by atoms with Crippen LogP contribution in [0.5, 0.6) is 5.75 Å². The van der Waals surface area contributed by atoms with Crippen LogP contribution in [0.1, 0.15) is 16.8 Å². The molecule has 2 aromatic carbocycles. The molecule has 0 atom stereocenters. The number of aliphatic imine (C=N–C) groups is 1. The number of carbonyl (C=O) groups excluding carboxylic acids is 1. The highest BCUT2D eigenvalue weighted by molar-refractivity contribution is 14.0. The number of guanidine groups is 1. The fraction of sp³-hybridized carbons (Fsp3) is 0.222. The van der Waals surface area contributed by atoms with Crippen LogP contribution in [0.3, 0.4) is 0 Å². The zero-order valence-corrected chi connectivity index (χ0v) is 18.3. The molecule has 6 nitrogen and oxygen atoms in total. The minimum atomic E-state index is -0.0982. The van der Waals surface area contributed by atoms with Crippen LogP contribution in [0.2, 0.25) is 0 Å². The third kappa shape index (κ3) is 7.61. The number of benzene rings is 2. The second-order valence-corrected chi connectivity index (χ2v) is 6.16. The highest BCUT2D eigenvalue weighted by Crippen LogP contribution is 2.16. The first-order valence-electron chi connectivity index (χ1n) is 7.83. The smallest absolute Gasteiger partial charge is 0.251 e. The summed E-state index contributed by atoms with van der Waals surface area (Å²) in [6.45, 7) is 1.05. The molecule has 1 amide bonds. The normalized spacial score (nSPS) is 10.6. The number of nitrogens with one attached hydrogen (secondary N) is 2. The van der Waals surface area contributed by atoms with Gasteiger partial charge in [0.1, 0.15) is 5.75 Å². The predicted molar refractivity (Wildman–Crippen MR) is 120 cm³/mol. The lowest BCUT2D eigenvalue weighted by molar-refractivity contribution is 0.0953. The Labute approximate surface area is 178 Å². The van der Waals surface area contributed by atoms with Crippen molar-refractivity contribution >= 4 is 57.5 Å². The lowest BCUT2D eigenvalue weighted by Gasteiger charge is -2.07. The summed E-state index contributed by atoms with van der Waals surface area (Å²) in [7, 11) is 1.61. The molecular weight excluding hydrogens is 511 g/mol. The molecule has 0 aliphatic rings. The van der Waals surface area contributed by atoms with Crippen molar-refractivity contribution in [3.05, 3.63) is 58.6 Å². The van der Waals surface area contributed by atoms with Crippen molar-refractivity contribution in [3.8, 4) is 5.75 Å². The monoisotopic (exact) mass is 532 g/mol. The van der Waals surface area contributed by atoms with Crippen LogP contribution in [0.25, 0.3) is 0 Å². The summed E-state index contributed by atoms with van der Waals surface area (Å²) in [5, 5.41) is 5.86. The number of nitrogens with zero attached hydrogens (tertiary/aromatic N) is 1. The number of anilines is 1. The SMILES string of the molecule is COc1cccc(NC(N)=NCCCNC(=O)c2ccc(Br)cc2)c1.I. The number of ether oxygens (including phenoxy) is 1. The quantitative estimate of drug-likeness (QED) is 0.220. The number of rotatable bonds is 7. The minimum Gasteiger partial charge on any atom is -0.497 e. The van der Waals surface area contributed by atoms with Crippen LogP contribution in [-0.4, -0.2) is 32.1 Å². The van der Waals surface area contributed by atoms with Crippen LogP contribution in [0.15, 0.2) is 58.0 Å². The van der Waals surface area contributed by atoms with Crippen molar-refractivity contribution < 1.29 is 9.53 Å². The van der Waals surface area contributed by atoms with Crippen LogP contribution in [0.4, 0.5) is 5.69 Å². The van der Waals surface area contributed by atoms with E-state index in [0.29, 0.717) is 31.0 Å². The van der Waals surface area contributed by atoms with E-state index in [1.807, 2.05) is 36.4 Å². The average Bonchev–Trinajstić information content (AvgIpc) is 2.62. The van der Waals surface area contributed by atoms with Gasteiger partial charge in [-0.15, -0.1) is 24.0 Å². The van der Waals surface area contributed by atoms with Gasteiger partial charge in [0.15, 0.2) is 5.96 Å². The highest BCUT2D eigenvalue weighted by atomic mass is 127. The molecule has 0 heterocycles. The Kier molecular flexibility index (Phi) is 10.0. The summed E-state index contributed by atoms with van der Waals surface area (Å²) in [6.07, 6.45) is 0.697. The van der Waals surface area contributed by atoms with E-state index < -0.39 is 0 Å². The van der Waals surface area contributed by atoms with Gasteiger partial charge < -0.3 is 21.1 Å². The van der Waals surface area contributed by atoms with Gasteiger partial charge in [-0.1, -0.05) is 22.0 Å². The van der Waals surface area contributed by atoms with Gasteiger partial charge in [0.05, 0.1) is 7.11 Å². The van der Waals surface area contributed by atoms with E-state index in [-0.39, 0.29) is 29.9 Å². The Balaban J connectivity index is 0.00000338. The molecule has 0 aliphatic heterocycles. The molecule has 140 valence electrons. The van der Waals surface area contributed by atoms with Crippen molar-refractivity contribution in [2.75, 3.05) is 25.5 Å². The maximum Gasteiger partial charge on any atom is 0.251 e. The van der Waals surface area contributed by atoms with Gasteiger partial charge in [0.25, 0.3) is 5.91 Å². The third-order valence-corrected chi connectivity index (χ3v) is 3.88. The number of nitrogens with two attached hydrogens (primary N) is 1. The van der Waals surface area contributed by atoms with E-state index in [0.717, 1.165) is 15.9 Å². The molecule has 0 radical (unpaired) electrons. The van der Waals surface area contributed by atoms with Gasteiger partial charge in [0.2, 0.25) is 0 Å². The molecule has 0 unspecified atom stereocenters. The van der Waals surface area contributed by atoms with E-state index in [2.05, 4.69) is 31.6 Å². The largest absolute Gasteiger partial charge is 0.497 e. The van der Waals surface area contributed by atoms with Crippen molar-refractivity contribution in [1.29, 1.82) is 0 Å². The van der Waals surface area contributed by atoms with E-state index in [4.69, 9.17) is 10.5 Å². The van der Waals surface area contributed by atoms with Gasteiger partial charge >= 0.3 is 0 Å². The molecule has 0 fully saturated rings. The van der Waals surface area contributed by atoms with Gasteiger partial charge in [-0.2, -0.15) is 0 Å². The van der Waals surface area contributed by atoms with Gasteiger partial charge in [0, 0.05) is 34.9 Å². The first-order chi connectivity index (χ1) is 12.1. The molecule has 2 rings (SSSR count). The first-order valence-corrected chi connectivity index (χ1v) is 8.62. The molecular formula is C18H22BrIN4O2. The van der Waals surface area contributed by atoms with Crippen molar-refractivity contribution in [1.82, 2.24) is 5.32 Å². The van der Waals surface area contributed by atoms with E-state index in [1.54, 1.807) is 19.2 Å². The molecule has 0 bridgehead atoms. The third-order valence-electron chi connectivity index (χ3n) is 3.35. The second-order valence-electron chi connectivity index (χ2n) is 5.24. The Morgan fingerprint density at radius 1 is 1.23 bits per heavy atom. The molecule has 0 saturated carbocycles. The number of hydrogen-bond acceptors (Lipinski definition) is 3. The lowest BCUT2D eigenvalue weighted by atomic mass is 10.2. The number of amides is 1. The molecule has 0 aliphatic carbocycles. The van der Waals surface area contributed by atoms with E-state index >= 15 is 0 Å². The zero-order chi connectivity index (χ0) is 18.1. The van der Waals surface area contributed by atoms with Gasteiger partial charge in [-0.05, 0) is 42.8 Å². The molecule has 26 heavy (non-hydrogen) atoms. The fourth-order valence-electron chi connectivity index (χ4n) is 2.07. The second kappa shape index (κ2) is 11.7. The topological polar surface area (TPSA) is 88.7 Å². The molecule has 0 spiro atoms. The van der Waals surface area contributed by atoms with E-state index in [9.17, 15) is 4.79 Å². The predicted octanol–water partition coefficient (Wildman–Crippen LogP) is 3.62. The Hall–Kier alpha value is -1.81. The summed E-state index contributed by atoms with van der Waals surface area (Å²) in [5.74, 6) is 0.972. The summed E-state index contributed by atoms with van der Waals surface area (Å²) in [4.78, 5) is 16.2. The lowest BCUT2D eigenvalue weighted by Crippen LogP contribution is -2.26. The maximum absolute atomic E-state index is 11.9. The van der Waals surface area contributed by atoms with E-state index in [1.165, 1.54) is 0 Å². The number of methoxy groups -OCH3 is 1. The molecule has 2 aromatic rings. The standard InChI is InChI=1S/C18H21BrN4O2.HI/c1-25-16-5-2-4-15(12-16)23-18(20)22-11-3-10-21-17(24)13-6-8-14(19)9-7-13;/h2,4-9,12H,3,10-11H2,1H3,(H,21,24)(H3,20,22,23);1H. The molecule has 4 N–H and O–H groups in total. The zero-order valence-electron chi connectivity index (χ0n) is 14.4. The minimum absolute atomic E-state index is 0. The Morgan fingerprint density at radius 2 is 1.96 bits per heavy atom. The van der Waals surface area contributed by atoms with Crippen LogP contribution < -0.4 is 21.1 Å². The van der Waals surface area contributed by atoms with Gasteiger partial charge in [-0.3, -0.25) is 9.79 Å². The van der Waals surface area contributed by atoms with Crippen LogP contribution in [-0.2, 0) is 0 Å². The van der Waals surface area contributed by atoms with Gasteiger partial charge in [-0.25, -0.2) is 0 Å². The van der Waals surface area contributed by atoms with Crippen molar-refractivity contribution in [2.45, 2.75) is 6.42 Å². The molecule has 8 heteroatoms. The molecule has 0 aromatic heterocycles. The number of hydrogen-bond donors (Lipinski definition) is 3. The summed E-state index contributed by atoms with van der Waals surface area (Å²) in [5.41, 5.74) is 7.29. The molecule has 0 saturated heterocycles. The van der Waals surface area contributed by atoms with Crippen LogP contribution >= 0.6 is 39.9 Å². The van der Waals surface area contributed by atoms with Crippen LogP contribution in [0, 0.1) is 0 Å². The first kappa shape index (κ1) is 22.2.